The van der Waals surface area contributed by atoms with Crippen molar-refractivity contribution in [1.82, 2.24) is 0 Å². The van der Waals surface area contributed by atoms with Gasteiger partial charge in [-0.25, -0.2) is 0 Å². The fourth-order valence-electron chi connectivity index (χ4n) is 4.10. The first kappa shape index (κ1) is 31.6. The number of aliphatic hydroxyl groups excluding tert-OH is 1. The van der Waals surface area contributed by atoms with Gasteiger partial charge in [0.05, 0.1) is 37.7 Å². The number of aliphatic hydroxyl groups is 1. The molecule has 7 heteroatoms. The van der Waals surface area contributed by atoms with E-state index in [1.165, 1.54) is 63.6 Å². The van der Waals surface area contributed by atoms with Crippen LogP contribution in [0.4, 0.5) is 0 Å². The molecule has 0 fully saturated rings. The molecule has 0 bridgehead atoms. The van der Waals surface area contributed by atoms with Crippen molar-refractivity contribution < 1.29 is 24.2 Å². The fourth-order valence-corrected chi connectivity index (χ4v) is 6.31. The number of thioether (sulfide) groups is 2. The predicted octanol–water partition coefficient (Wildman–Crippen LogP) is 6.70. The van der Waals surface area contributed by atoms with Gasteiger partial charge in [-0.05, 0) is 36.3 Å². The zero-order chi connectivity index (χ0) is 25.9. The van der Waals surface area contributed by atoms with Crippen molar-refractivity contribution in [2.75, 3.05) is 31.5 Å². The summed E-state index contributed by atoms with van der Waals surface area (Å²) in [6, 6.07) is 8.40. The highest BCUT2D eigenvalue weighted by molar-refractivity contribution is 8.00. The summed E-state index contributed by atoms with van der Waals surface area (Å²) >= 11 is 2.95. The normalized spacial score (nSPS) is 13.6. The van der Waals surface area contributed by atoms with Crippen molar-refractivity contribution in [3.8, 4) is 0 Å². The Balaban J connectivity index is 3.10. The molecule has 1 N–H and O–H groups in total. The van der Waals surface area contributed by atoms with Crippen molar-refractivity contribution in [2.24, 2.45) is 0 Å². The second-order valence-corrected chi connectivity index (χ2v) is 11.0. The number of allylic oxidation sites excluding steroid dienone is 1. The number of benzene rings is 1. The second-order valence-electron chi connectivity index (χ2n) is 8.67. The van der Waals surface area contributed by atoms with E-state index in [-0.39, 0.29) is 22.9 Å². The summed E-state index contributed by atoms with van der Waals surface area (Å²) in [6.45, 7) is 6.16. The lowest BCUT2D eigenvalue weighted by Crippen LogP contribution is -2.22. The van der Waals surface area contributed by atoms with Crippen LogP contribution in [-0.4, -0.2) is 54.6 Å². The molecule has 0 aliphatic carbocycles. The third-order valence-corrected chi connectivity index (χ3v) is 8.42. The van der Waals surface area contributed by atoms with Crippen LogP contribution in [0.25, 0.3) is 0 Å². The van der Waals surface area contributed by atoms with E-state index in [0.29, 0.717) is 23.8 Å². The smallest absolute Gasteiger partial charge is 0.315 e. The van der Waals surface area contributed by atoms with Crippen LogP contribution in [0.2, 0.25) is 0 Å². The van der Waals surface area contributed by atoms with E-state index in [0.717, 1.165) is 24.8 Å². The molecular formula is C28H44O5S2. The monoisotopic (exact) mass is 524 g/mol. The largest absolute Gasteiger partial charge is 0.469 e. The number of rotatable bonds is 20. The Kier molecular flexibility index (Phi) is 17.8. The number of esters is 2. The number of ether oxygens (including phenoxy) is 2. The molecule has 1 aromatic rings. The van der Waals surface area contributed by atoms with E-state index >= 15 is 0 Å². The van der Waals surface area contributed by atoms with Crippen molar-refractivity contribution in [3.63, 3.8) is 0 Å². The Morgan fingerprint density at radius 2 is 1.71 bits per heavy atom. The molecule has 0 saturated heterocycles. The lowest BCUT2D eigenvalue weighted by atomic mass is 9.84. The lowest BCUT2D eigenvalue weighted by Gasteiger charge is -2.28. The number of methoxy groups -OCH3 is 2. The Morgan fingerprint density at radius 1 is 1.03 bits per heavy atom. The molecular weight excluding hydrogens is 480 g/mol. The topological polar surface area (TPSA) is 72.8 Å². The summed E-state index contributed by atoms with van der Waals surface area (Å²) in [7, 11) is 2.76. The van der Waals surface area contributed by atoms with Gasteiger partial charge in [-0.1, -0.05) is 69.4 Å². The van der Waals surface area contributed by atoms with E-state index in [4.69, 9.17) is 9.47 Å². The Bertz CT molecular complexity index is 740. The zero-order valence-corrected chi connectivity index (χ0v) is 23.3. The summed E-state index contributed by atoms with van der Waals surface area (Å²) < 4.78 is 9.53. The Hall–Kier alpha value is -1.44. The van der Waals surface area contributed by atoms with Crippen LogP contribution in [0.3, 0.4) is 0 Å². The van der Waals surface area contributed by atoms with Gasteiger partial charge in [0.1, 0.15) is 0 Å². The van der Waals surface area contributed by atoms with Crippen LogP contribution in [0, 0.1) is 0 Å². The Morgan fingerprint density at radius 3 is 2.37 bits per heavy atom. The minimum atomic E-state index is -0.668. The average Bonchev–Trinajstić information content (AvgIpc) is 2.88. The summed E-state index contributed by atoms with van der Waals surface area (Å²) in [5.74, 6) is 1.01. The quantitative estimate of drug-likeness (QED) is 0.116. The van der Waals surface area contributed by atoms with Crippen LogP contribution in [0.5, 0.6) is 0 Å². The van der Waals surface area contributed by atoms with Gasteiger partial charge in [-0.2, -0.15) is 11.8 Å². The minimum absolute atomic E-state index is 0.202. The van der Waals surface area contributed by atoms with Crippen LogP contribution < -0.4 is 0 Å². The number of hydrogen-bond donors (Lipinski definition) is 1. The maximum atomic E-state index is 11.7. The van der Waals surface area contributed by atoms with E-state index in [1.807, 2.05) is 12.1 Å². The predicted molar refractivity (Wildman–Crippen MR) is 149 cm³/mol. The SMILES string of the molecule is C=CCCC(CCCCCCC)c1ccccc1C(SCCC(=O)OC)C(O)CSCC(=O)OC. The van der Waals surface area contributed by atoms with Gasteiger partial charge in [0.25, 0.3) is 0 Å². The first-order valence-corrected chi connectivity index (χ1v) is 14.9. The van der Waals surface area contributed by atoms with Gasteiger partial charge >= 0.3 is 11.9 Å². The van der Waals surface area contributed by atoms with Crippen LogP contribution in [-0.2, 0) is 19.1 Å². The summed E-state index contributed by atoms with van der Waals surface area (Å²) in [4.78, 5) is 23.2. The lowest BCUT2D eigenvalue weighted by molar-refractivity contribution is -0.140. The fraction of sp³-hybridized carbons (Fsp3) is 0.643. The molecule has 1 aromatic carbocycles. The van der Waals surface area contributed by atoms with E-state index in [2.05, 4.69) is 31.7 Å². The highest BCUT2D eigenvalue weighted by Crippen LogP contribution is 2.40. The number of unbranched alkanes of at least 4 members (excludes halogenated alkanes) is 4. The molecule has 5 nitrogen and oxygen atoms in total. The molecule has 0 radical (unpaired) electrons. The Labute approximate surface area is 220 Å². The molecule has 0 heterocycles. The van der Waals surface area contributed by atoms with Crippen molar-refractivity contribution in [1.29, 1.82) is 0 Å². The van der Waals surface area contributed by atoms with Crippen molar-refractivity contribution >= 4 is 35.5 Å². The summed E-state index contributed by atoms with van der Waals surface area (Å²) in [5, 5.41) is 11.0. The van der Waals surface area contributed by atoms with E-state index in [9.17, 15) is 14.7 Å². The maximum Gasteiger partial charge on any atom is 0.315 e. The molecule has 0 aliphatic rings. The van der Waals surface area contributed by atoms with Gasteiger partial charge in [-0.3, -0.25) is 9.59 Å². The van der Waals surface area contributed by atoms with Crippen LogP contribution in [0.1, 0.15) is 87.0 Å². The molecule has 0 spiro atoms. The van der Waals surface area contributed by atoms with Crippen LogP contribution in [0.15, 0.2) is 36.9 Å². The molecule has 35 heavy (non-hydrogen) atoms. The van der Waals surface area contributed by atoms with E-state index < -0.39 is 6.10 Å². The van der Waals surface area contributed by atoms with Gasteiger partial charge in [0.15, 0.2) is 0 Å². The first-order valence-electron chi connectivity index (χ1n) is 12.7. The highest BCUT2D eigenvalue weighted by Gasteiger charge is 2.27. The molecule has 1 rings (SSSR count). The van der Waals surface area contributed by atoms with Gasteiger partial charge in [0, 0.05) is 11.5 Å². The molecule has 0 aliphatic heterocycles. The average molecular weight is 525 g/mol. The molecule has 0 saturated carbocycles. The number of carbonyl (C=O) groups is 2. The van der Waals surface area contributed by atoms with Gasteiger partial charge in [-0.15, -0.1) is 18.3 Å². The van der Waals surface area contributed by atoms with Crippen LogP contribution >= 0.6 is 23.5 Å². The van der Waals surface area contributed by atoms with Crippen molar-refractivity contribution in [3.05, 3.63) is 48.0 Å². The minimum Gasteiger partial charge on any atom is -0.469 e. The summed E-state index contributed by atoms with van der Waals surface area (Å²) in [5.41, 5.74) is 2.40. The first-order chi connectivity index (χ1) is 17.0. The molecule has 0 aromatic heterocycles. The standard InChI is InChI=1S/C28H44O5S2/c1-5-7-9-10-11-15-22(14-8-6-2)23-16-12-13-17-24(23)28(35-19-18-26(30)32-3)25(29)20-34-21-27(31)33-4/h6,12-13,16-17,22,25,28-29H,2,5,7-11,14-15,18-21H2,1,3-4H3. The third-order valence-electron chi connectivity index (χ3n) is 6.03. The molecule has 3 atom stereocenters. The maximum absolute atomic E-state index is 11.7. The molecule has 0 amide bonds. The van der Waals surface area contributed by atoms with E-state index in [1.54, 1.807) is 11.8 Å². The third kappa shape index (κ3) is 12.9. The summed E-state index contributed by atoms with van der Waals surface area (Å²) in [6.07, 6.45) is 10.9. The second kappa shape index (κ2) is 19.7. The highest BCUT2D eigenvalue weighted by atomic mass is 32.2. The zero-order valence-electron chi connectivity index (χ0n) is 21.7. The number of hydrogen-bond acceptors (Lipinski definition) is 7. The number of carbonyl (C=O) groups excluding carboxylic acids is 2. The van der Waals surface area contributed by atoms with Gasteiger partial charge in [0.2, 0.25) is 0 Å². The molecule has 3 unspecified atom stereocenters. The molecule has 198 valence electrons. The van der Waals surface area contributed by atoms with Gasteiger partial charge < -0.3 is 14.6 Å². The van der Waals surface area contributed by atoms with Crippen molar-refractivity contribution in [2.45, 2.75) is 82.0 Å².